The maximum Gasteiger partial charge on any atom is 0.121 e. The Labute approximate surface area is 143 Å². The lowest BCUT2D eigenvalue weighted by molar-refractivity contribution is 0.467. The monoisotopic (exact) mass is 324 g/mol. The molecule has 24 heavy (non-hydrogen) atoms. The first-order valence-corrected chi connectivity index (χ1v) is 7.65. The minimum atomic E-state index is 0.322. The van der Waals surface area contributed by atoms with Gasteiger partial charge in [0.1, 0.15) is 17.2 Å². The summed E-state index contributed by atoms with van der Waals surface area (Å²) < 4.78 is 0. The Bertz CT molecular complexity index is 696. The molecule has 0 fully saturated rings. The van der Waals surface area contributed by atoms with Crippen molar-refractivity contribution in [3.05, 3.63) is 89.5 Å². The van der Waals surface area contributed by atoms with Crippen molar-refractivity contribution in [2.45, 2.75) is 20.8 Å². The summed E-state index contributed by atoms with van der Waals surface area (Å²) in [6.07, 6.45) is 0. The number of rotatable bonds is 0. The second-order valence-electron chi connectivity index (χ2n) is 5.36. The van der Waals surface area contributed by atoms with E-state index in [1.165, 1.54) is 0 Å². The Morgan fingerprint density at radius 3 is 1.29 bits per heavy atom. The van der Waals surface area contributed by atoms with Gasteiger partial charge in [0.15, 0.2) is 0 Å². The van der Waals surface area contributed by atoms with Crippen LogP contribution in [0.1, 0.15) is 16.7 Å². The summed E-state index contributed by atoms with van der Waals surface area (Å²) in [4.78, 5) is 0. The van der Waals surface area contributed by atoms with Gasteiger partial charge in [-0.25, -0.2) is 0 Å². The average Bonchev–Trinajstić information content (AvgIpc) is 2.57. The Hall–Kier alpha value is -2.94. The number of aromatic hydroxyl groups is 3. The van der Waals surface area contributed by atoms with E-state index in [2.05, 4.69) is 0 Å². The minimum Gasteiger partial charge on any atom is -0.508 e. The molecule has 3 nitrogen and oxygen atoms in total. The van der Waals surface area contributed by atoms with Gasteiger partial charge in [-0.1, -0.05) is 54.6 Å². The fourth-order valence-electron chi connectivity index (χ4n) is 1.80. The molecule has 3 N–H and O–H groups in total. The molecule has 126 valence electrons. The van der Waals surface area contributed by atoms with Gasteiger partial charge >= 0.3 is 0 Å². The summed E-state index contributed by atoms with van der Waals surface area (Å²) in [5.74, 6) is 1.10. The van der Waals surface area contributed by atoms with Crippen LogP contribution in [0, 0.1) is 20.8 Å². The lowest BCUT2D eigenvalue weighted by atomic mass is 10.1. The van der Waals surface area contributed by atoms with Crippen LogP contribution in [0.15, 0.2) is 72.8 Å². The fourth-order valence-corrected chi connectivity index (χ4v) is 1.80. The third-order valence-electron chi connectivity index (χ3n) is 3.31. The molecule has 3 aromatic rings. The Morgan fingerprint density at radius 2 is 0.958 bits per heavy atom. The van der Waals surface area contributed by atoms with Crippen LogP contribution >= 0.6 is 0 Å². The van der Waals surface area contributed by atoms with Crippen LogP contribution in [0.5, 0.6) is 17.2 Å². The van der Waals surface area contributed by atoms with Crippen LogP contribution in [0.2, 0.25) is 0 Å². The number of benzene rings is 3. The van der Waals surface area contributed by atoms with Gasteiger partial charge in [0, 0.05) is 0 Å². The van der Waals surface area contributed by atoms with E-state index in [0.717, 1.165) is 16.7 Å². The Balaban J connectivity index is 0.000000181. The summed E-state index contributed by atoms with van der Waals surface area (Å²) in [6, 6.07) is 21.7. The Morgan fingerprint density at radius 1 is 0.500 bits per heavy atom. The van der Waals surface area contributed by atoms with Crippen LogP contribution in [0.3, 0.4) is 0 Å². The van der Waals surface area contributed by atoms with Crippen LogP contribution in [-0.2, 0) is 0 Å². The van der Waals surface area contributed by atoms with Crippen molar-refractivity contribution in [2.24, 2.45) is 0 Å². The van der Waals surface area contributed by atoms with Gasteiger partial charge in [-0.05, 0) is 55.7 Å². The molecule has 3 rings (SSSR count). The number of hydrogen-bond donors (Lipinski definition) is 3. The zero-order valence-electron chi connectivity index (χ0n) is 14.3. The van der Waals surface area contributed by atoms with Gasteiger partial charge in [-0.3, -0.25) is 0 Å². The lowest BCUT2D eigenvalue weighted by Gasteiger charge is -1.99. The zero-order valence-corrected chi connectivity index (χ0v) is 14.3. The first kappa shape index (κ1) is 19.1. The molecule has 0 saturated carbocycles. The lowest BCUT2D eigenvalue weighted by Crippen LogP contribution is -1.76. The number of aryl methyl sites for hydroxylation is 3. The predicted octanol–water partition coefficient (Wildman–Crippen LogP) is 5.10. The number of phenols is 3. The van der Waals surface area contributed by atoms with Gasteiger partial charge in [0.05, 0.1) is 0 Å². The van der Waals surface area contributed by atoms with Crippen molar-refractivity contribution in [3.63, 3.8) is 0 Å². The summed E-state index contributed by atoms with van der Waals surface area (Å²) in [5, 5.41) is 26.8. The number of para-hydroxylation sites is 3. The normalized spacial score (nSPS) is 9.12. The second-order valence-corrected chi connectivity index (χ2v) is 5.36. The standard InChI is InChI=1S/C8H10O.C7H8O.C6H6O/c1-6-4-3-5-7(2)8(6)9;1-6-4-2-3-5-7(6)8;7-6-4-2-1-3-5-6/h3-5,9H,1-2H3;2-5,8H,1H3;1-5,7H. The van der Waals surface area contributed by atoms with E-state index in [1.54, 1.807) is 30.3 Å². The highest BCUT2D eigenvalue weighted by Gasteiger charge is 1.95. The van der Waals surface area contributed by atoms with E-state index in [9.17, 15) is 5.11 Å². The molecule has 0 heterocycles. The minimum absolute atomic E-state index is 0.322. The van der Waals surface area contributed by atoms with Gasteiger partial charge in [-0.15, -0.1) is 0 Å². The van der Waals surface area contributed by atoms with Crippen LogP contribution in [0.4, 0.5) is 0 Å². The number of hydrogen-bond acceptors (Lipinski definition) is 3. The van der Waals surface area contributed by atoms with Crippen molar-refractivity contribution in [1.82, 2.24) is 0 Å². The van der Waals surface area contributed by atoms with E-state index in [-0.39, 0.29) is 0 Å². The molecule has 0 amide bonds. The van der Waals surface area contributed by atoms with E-state index in [1.807, 2.05) is 63.2 Å². The van der Waals surface area contributed by atoms with Gasteiger partial charge < -0.3 is 15.3 Å². The smallest absolute Gasteiger partial charge is 0.121 e. The molecule has 0 atom stereocenters. The van der Waals surface area contributed by atoms with Crippen molar-refractivity contribution < 1.29 is 15.3 Å². The molecule has 0 aromatic heterocycles. The van der Waals surface area contributed by atoms with E-state index in [4.69, 9.17) is 10.2 Å². The highest BCUT2D eigenvalue weighted by atomic mass is 16.3. The predicted molar refractivity (Wildman–Crippen MR) is 98.5 cm³/mol. The molecule has 0 unspecified atom stereocenters. The average molecular weight is 324 g/mol. The molecular formula is C21H24O3. The molecule has 0 spiro atoms. The Kier molecular flexibility index (Phi) is 7.92. The van der Waals surface area contributed by atoms with E-state index < -0.39 is 0 Å². The summed E-state index contributed by atoms with van der Waals surface area (Å²) >= 11 is 0. The highest BCUT2D eigenvalue weighted by molar-refractivity contribution is 5.38. The summed E-state index contributed by atoms with van der Waals surface area (Å²) in [7, 11) is 0. The molecule has 0 aliphatic rings. The molecule has 3 heteroatoms. The van der Waals surface area contributed by atoms with Gasteiger partial charge in [0.2, 0.25) is 0 Å². The third kappa shape index (κ3) is 6.88. The molecule has 0 saturated heterocycles. The zero-order chi connectivity index (χ0) is 17.9. The maximum absolute atomic E-state index is 9.21. The van der Waals surface area contributed by atoms with Crippen molar-refractivity contribution in [2.75, 3.05) is 0 Å². The number of phenolic OH excluding ortho intramolecular Hbond substituents is 3. The summed E-state index contributed by atoms with van der Waals surface area (Å²) in [5.41, 5.74) is 2.80. The molecular weight excluding hydrogens is 300 g/mol. The quantitative estimate of drug-likeness (QED) is 0.539. The van der Waals surface area contributed by atoms with Crippen molar-refractivity contribution in [3.8, 4) is 17.2 Å². The first-order chi connectivity index (χ1) is 11.4. The third-order valence-corrected chi connectivity index (χ3v) is 3.31. The van der Waals surface area contributed by atoms with Crippen molar-refractivity contribution in [1.29, 1.82) is 0 Å². The molecule has 0 aliphatic heterocycles. The molecule has 0 aliphatic carbocycles. The maximum atomic E-state index is 9.21. The van der Waals surface area contributed by atoms with Crippen molar-refractivity contribution >= 4 is 0 Å². The molecule has 0 radical (unpaired) electrons. The fraction of sp³-hybridized carbons (Fsp3) is 0.143. The highest BCUT2D eigenvalue weighted by Crippen LogP contribution is 2.19. The van der Waals surface area contributed by atoms with Gasteiger partial charge in [-0.2, -0.15) is 0 Å². The summed E-state index contributed by atoms with van der Waals surface area (Å²) in [6.45, 7) is 5.65. The second kappa shape index (κ2) is 9.95. The topological polar surface area (TPSA) is 60.7 Å². The van der Waals surface area contributed by atoms with Crippen LogP contribution in [-0.4, -0.2) is 15.3 Å². The first-order valence-electron chi connectivity index (χ1n) is 7.65. The van der Waals surface area contributed by atoms with Gasteiger partial charge in [0.25, 0.3) is 0 Å². The SMILES string of the molecule is Cc1cccc(C)c1O.Cc1ccccc1O.Oc1ccccc1. The van der Waals surface area contributed by atoms with E-state index in [0.29, 0.717) is 17.2 Å². The molecule has 3 aromatic carbocycles. The van der Waals surface area contributed by atoms with E-state index >= 15 is 0 Å². The van der Waals surface area contributed by atoms with Crippen LogP contribution in [0.25, 0.3) is 0 Å². The largest absolute Gasteiger partial charge is 0.508 e. The molecule has 0 bridgehead atoms. The van der Waals surface area contributed by atoms with Crippen LogP contribution < -0.4 is 0 Å².